The summed E-state index contributed by atoms with van der Waals surface area (Å²) in [5, 5.41) is 0. The predicted octanol–water partition coefficient (Wildman–Crippen LogP) is 8.08. The van der Waals surface area contributed by atoms with Gasteiger partial charge in [0.15, 0.2) is 0 Å². The molecule has 4 nitrogen and oxygen atoms in total. The van der Waals surface area contributed by atoms with E-state index in [1.54, 1.807) is 0 Å². The fourth-order valence-corrected chi connectivity index (χ4v) is 3.71. The van der Waals surface area contributed by atoms with E-state index in [2.05, 4.69) is 6.92 Å². The first kappa shape index (κ1) is 29.7. The Labute approximate surface area is 192 Å². The molecule has 0 rings (SSSR count). The van der Waals surface area contributed by atoms with E-state index in [9.17, 15) is 9.59 Å². The van der Waals surface area contributed by atoms with Gasteiger partial charge in [0.05, 0.1) is 12.7 Å². The fraction of sp³-hybridized carbons (Fsp3) is 0.852. The van der Waals surface area contributed by atoms with Crippen LogP contribution in [0.4, 0.5) is 0 Å². The summed E-state index contributed by atoms with van der Waals surface area (Å²) in [5.74, 6) is -0.957. The normalized spacial score (nSPS) is 12.2. The minimum atomic E-state index is -0.486. The molecule has 182 valence electrons. The van der Waals surface area contributed by atoms with Crippen molar-refractivity contribution in [2.45, 2.75) is 142 Å². The summed E-state index contributed by atoms with van der Waals surface area (Å²) < 4.78 is 10.3. The summed E-state index contributed by atoms with van der Waals surface area (Å²) in [4.78, 5) is 23.2. The molecule has 0 bridgehead atoms. The molecule has 0 saturated carbocycles. The highest BCUT2D eigenvalue weighted by Gasteiger charge is 2.06. The SMILES string of the molecule is CCCCCCCCCCCCCCCCCCOC(=O)/C=C/C(=O)OC(C)CCC. The molecular weight excluding hydrogens is 388 g/mol. The molecule has 0 spiro atoms. The van der Waals surface area contributed by atoms with Crippen molar-refractivity contribution in [2.75, 3.05) is 6.61 Å². The Bertz CT molecular complexity index is 445. The molecule has 0 aliphatic carbocycles. The second kappa shape index (κ2) is 23.3. The lowest BCUT2D eigenvalue weighted by molar-refractivity contribution is -0.143. The molecule has 0 saturated heterocycles. The van der Waals surface area contributed by atoms with Crippen molar-refractivity contribution in [3.63, 3.8) is 0 Å². The van der Waals surface area contributed by atoms with E-state index in [1.165, 1.54) is 89.9 Å². The molecule has 4 heteroatoms. The predicted molar refractivity (Wildman–Crippen MR) is 130 cm³/mol. The zero-order valence-electron chi connectivity index (χ0n) is 20.8. The molecule has 1 unspecified atom stereocenters. The standard InChI is InChI=1S/C27H50O4/c1-4-6-7-8-9-10-11-12-13-14-15-16-17-18-19-20-24-30-26(28)22-23-27(29)31-25(3)21-5-2/h22-23,25H,4-21,24H2,1-3H3/b23-22+. The highest BCUT2D eigenvalue weighted by Crippen LogP contribution is 2.13. The lowest BCUT2D eigenvalue weighted by Gasteiger charge is -2.09. The van der Waals surface area contributed by atoms with E-state index in [4.69, 9.17) is 9.47 Å². The summed E-state index contributed by atoms with van der Waals surface area (Å²) in [6.07, 6.45) is 25.1. The highest BCUT2D eigenvalue weighted by molar-refractivity contribution is 5.91. The fourth-order valence-electron chi connectivity index (χ4n) is 3.71. The van der Waals surface area contributed by atoms with Gasteiger partial charge in [-0.25, -0.2) is 9.59 Å². The van der Waals surface area contributed by atoms with Gasteiger partial charge in [-0.1, -0.05) is 117 Å². The third kappa shape index (κ3) is 23.2. The molecule has 0 aliphatic rings. The molecule has 0 aromatic heterocycles. The zero-order chi connectivity index (χ0) is 23.0. The number of esters is 2. The Hall–Kier alpha value is -1.32. The molecular formula is C27H50O4. The van der Waals surface area contributed by atoms with E-state index < -0.39 is 11.9 Å². The van der Waals surface area contributed by atoms with Crippen molar-refractivity contribution in [1.82, 2.24) is 0 Å². The van der Waals surface area contributed by atoms with Gasteiger partial charge in [-0.3, -0.25) is 0 Å². The molecule has 0 aromatic rings. The Morgan fingerprint density at radius 3 is 1.48 bits per heavy atom. The second-order valence-electron chi connectivity index (χ2n) is 8.84. The van der Waals surface area contributed by atoms with Crippen molar-refractivity contribution in [2.24, 2.45) is 0 Å². The van der Waals surface area contributed by atoms with Gasteiger partial charge in [0.25, 0.3) is 0 Å². The van der Waals surface area contributed by atoms with E-state index in [-0.39, 0.29) is 6.10 Å². The van der Waals surface area contributed by atoms with Gasteiger partial charge in [-0.15, -0.1) is 0 Å². The van der Waals surface area contributed by atoms with Crippen LogP contribution < -0.4 is 0 Å². The smallest absolute Gasteiger partial charge is 0.331 e. The van der Waals surface area contributed by atoms with Crippen LogP contribution in [0, 0.1) is 0 Å². The number of hydrogen-bond acceptors (Lipinski definition) is 4. The van der Waals surface area contributed by atoms with Crippen molar-refractivity contribution in [3.8, 4) is 0 Å². The van der Waals surface area contributed by atoms with Crippen LogP contribution in [-0.4, -0.2) is 24.6 Å². The van der Waals surface area contributed by atoms with Crippen LogP contribution in [0.3, 0.4) is 0 Å². The van der Waals surface area contributed by atoms with Gasteiger partial charge in [0, 0.05) is 12.2 Å². The third-order valence-electron chi connectivity index (χ3n) is 5.61. The Balaban J connectivity index is 3.34. The van der Waals surface area contributed by atoms with Crippen LogP contribution in [0.2, 0.25) is 0 Å². The largest absolute Gasteiger partial charge is 0.463 e. The number of ether oxygens (including phenoxy) is 2. The van der Waals surface area contributed by atoms with Gasteiger partial charge >= 0.3 is 11.9 Å². The number of rotatable bonds is 22. The van der Waals surface area contributed by atoms with Crippen molar-refractivity contribution in [1.29, 1.82) is 0 Å². The van der Waals surface area contributed by atoms with Crippen LogP contribution in [0.25, 0.3) is 0 Å². The number of hydrogen-bond donors (Lipinski definition) is 0. The van der Waals surface area contributed by atoms with Crippen LogP contribution >= 0.6 is 0 Å². The number of carbonyl (C=O) groups is 2. The van der Waals surface area contributed by atoms with E-state index >= 15 is 0 Å². The maximum absolute atomic E-state index is 11.6. The van der Waals surface area contributed by atoms with Crippen molar-refractivity contribution >= 4 is 11.9 Å². The van der Waals surface area contributed by atoms with Crippen LogP contribution in [0.15, 0.2) is 12.2 Å². The molecule has 0 aliphatic heterocycles. The Morgan fingerprint density at radius 1 is 0.613 bits per heavy atom. The van der Waals surface area contributed by atoms with Crippen LogP contribution in [0.1, 0.15) is 136 Å². The van der Waals surface area contributed by atoms with Gasteiger partial charge in [0.2, 0.25) is 0 Å². The van der Waals surface area contributed by atoms with Crippen LogP contribution in [0.5, 0.6) is 0 Å². The van der Waals surface area contributed by atoms with E-state index in [0.717, 1.165) is 37.8 Å². The molecule has 0 fully saturated rings. The maximum atomic E-state index is 11.6. The van der Waals surface area contributed by atoms with Gasteiger partial charge in [-0.2, -0.15) is 0 Å². The first-order valence-corrected chi connectivity index (χ1v) is 13.2. The average molecular weight is 439 g/mol. The summed E-state index contributed by atoms with van der Waals surface area (Å²) in [5.41, 5.74) is 0. The van der Waals surface area contributed by atoms with Gasteiger partial charge < -0.3 is 9.47 Å². The van der Waals surface area contributed by atoms with Crippen LogP contribution in [-0.2, 0) is 19.1 Å². The van der Waals surface area contributed by atoms with Crippen molar-refractivity contribution in [3.05, 3.63) is 12.2 Å². The van der Waals surface area contributed by atoms with E-state index in [0.29, 0.717) is 6.61 Å². The van der Waals surface area contributed by atoms with Gasteiger partial charge in [0.1, 0.15) is 0 Å². The van der Waals surface area contributed by atoms with E-state index in [1.807, 2.05) is 13.8 Å². The summed E-state index contributed by atoms with van der Waals surface area (Å²) in [6, 6.07) is 0. The lowest BCUT2D eigenvalue weighted by Crippen LogP contribution is -2.13. The topological polar surface area (TPSA) is 52.6 Å². The molecule has 0 amide bonds. The first-order valence-electron chi connectivity index (χ1n) is 13.2. The third-order valence-corrected chi connectivity index (χ3v) is 5.61. The molecule has 1 atom stereocenters. The molecule has 0 aromatic carbocycles. The Kier molecular flexibility index (Phi) is 22.4. The monoisotopic (exact) mass is 438 g/mol. The van der Waals surface area contributed by atoms with Gasteiger partial charge in [-0.05, 0) is 19.8 Å². The zero-order valence-corrected chi connectivity index (χ0v) is 20.8. The summed E-state index contributed by atoms with van der Waals surface area (Å²) in [6.45, 7) is 6.58. The Morgan fingerprint density at radius 2 is 1.03 bits per heavy atom. The average Bonchev–Trinajstić information content (AvgIpc) is 2.74. The quantitative estimate of drug-likeness (QED) is 0.0973. The molecule has 0 N–H and O–H groups in total. The molecule has 31 heavy (non-hydrogen) atoms. The van der Waals surface area contributed by atoms with Crippen molar-refractivity contribution < 1.29 is 19.1 Å². The maximum Gasteiger partial charge on any atom is 0.331 e. The summed E-state index contributed by atoms with van der Waals surface area (Å²) in [7, 11) is 0. The minimum absolute atomic E-state index is 0.122. The molecule has 0 radical (unpaired) electrons. The highest BCUT2D eigenvalue weighted by atomic mass is 16.5. The summed E-state index contributed by atoms with van der Waals surface area (Å²) >= 11 is 0. The second-order valence-corrected chi connectivity index (χ2v) is 8.84. The molecule has 0 heterocycles. The minimum Gasteiger partial charge on any atom is -0.463 e. The number of carbonyl (C=O) groups excluding carboxylic acids is 2. The first-order chi connectivity index (χ1) is 15.1. The number of unbranched alkanes of at least 4 members (excludes halogenated alkanes) is 15. The lowest BCUT2D eigenvalue weighted by atomic mass is 10.0.